The van der Waals surface area contributed by atoms with Gasteiger partial charge in [-0.15, -0.1) is 0 Å². The van der Waals surface area contributed by atoms with Crippen LogP contribution in [0.2, 0.25) is 0 Å². The fraction of sp³-hybridized carbons (Fsp3) is 0.391. The summed E-state index contributed by atoms with van der Waals surface area (Å²) in [6.45, 7) is 8.55. The third-order valence-corrected chi connectivity index (χ3v) is 4.56. The summed E-state index contributed by atoms with van der Waals surface area (Å²) in [6.07, 6.45) is 0.213. The Morgan fingerprint density at radius 3 is 2.32 bits per heavy atom. The van der Waals surface area contributed by atoms with Crippen molar-refractivity contribution in [3.8, 4) is 0 Å². The maximum absolute atomic E-state index is 13.2. The summed E-state index contributed by atoms with van der Waals surface area (Å²) in [5, 5.41) is 2.89. The Bertz CT molecular complexity index is 803. The molecule has 0 unspecified atom stereocenters. The van der Waals surface area contributed by atoms with E-state index < -0.39 is 6.04 Å². The van der Waals surface area contributed by atoms with Crippen molar-refractivity contribution in [3.05, 3.63) is 71.0 Å². The molecule has 0 aromatic heterocycles. The smallest absolute Gasteiger partial charge is 0.242 e. The van der Waals surface area contributed by atoms with Crippen LogP contribution in [0, 0.1) is 18.7 Å². The first kappa shape index (κ1) is 21.6. The minimum Gasteiger partial charge on any atom is -0.354 e. The standard InChI is InChI=1S/C23H29FN2O2/c1-16(2)14-25-23(28)18(4)26(15-19-8-10-21(24)11-9-19)22(27)13-20-7-5-6-17(3)12-20/h5-12,16,18H,13-15H2,1-4H3,(H,25,28)/t18-/m1/s1. The van der Waals surface area contributed by atoms with Gasteiger partial charge in [-0.2, -0.15) is 0 Å². The number of carbonyl (C=O) groups excluding carboxylic acids is 2. The second kappa shape index (κ2) is 10.0. The average Bonchev–Trinajstić information content (AvgIpc) is 2.65. The van der Waals surface area contributed by atoms with Crippen LogP contribution in [0.1, 0.15) is 37.5 Å². The highest BCUT2D eigenvalue weighted by Gasteiger charge is 2.26. The average molecular weight is 384 g/mol. The number of hydrogen-bond acceptors (Lipinski definition) is 2. The Balaban J connectivity index is 2.19. The summed E-state index contributed by atoms with van der Waals surface area (Å²) < 4.78 is 13.2. The van der Waals surface area contributed by atoms with Crippen LogP contribution in [0.3, 0.4) is 0 Å². The normalized spacial score (nSPS) is 11.9. The van der Waals surface area contributed by atoms with E-state index in [1.54, 1.807) is 24.0 Å². The number of nitrogens with zero attached hydrogens (tertiary/aromatic N) is 1. The molecule has 0 aliphatic carbocycles. The van der Waals surface area contributed by atoms with Crippen LogP contribution in [-0.4, -0.2) is 29.3 Å². The number of rotatable bonds is 8. The Morgan fingerprint density at radius 1 is 1.04 bits per heavy atom. The largest absolute Gasteiger partial charge is 0.354 e. The van der Waals surface area contributed by atoms with Gasteiger partial charge in [-0.1, -0.05) is 55.8 Å². The molecule has 0 aliphatic rings. The van der Waals surface area contributed by atoms with Crippen LogP contribution in [0.15, 0.2) is 48.5 Å². The SMILES string of the molecule is Cc1cccc(CC(=O)N(Cc2ccc(F)cc2)[C@H](C)C(=O)NCC(C)C)c1. The van der Waals surface area contributed by atoms with Gasteiger partial charge < -0.3 is 10.2 Å². The highest BCUT2D eigenvalue weighted by Crippen LogP contribution is 2.14. The van der Waals surface area contributed by atoms with Gasteiger partial charge in [0, 0.05) is 13.1 Å². The lowest BCUT2D eigenvalue weighted by molar-refractivity contribution is -0.140. The third kappa shape index (κ3) is 6.48. The minimum atomic E-state index is -0.624. The third-order valence-electron chi connectivity index (χ3n) is 4.56. The Labute approximate surface area is 166 Å². The molecule has 0 heterocycles. The highest BCUT2D eigenvalue weighted by atomic mass is 19.1. The summed E-state index contributed by atoms with van der Waals surface area (Å²) in [5.41, 5.74) is 2.77. The highest BCUT2D eigenvalue weighted by molar-refractivity contribution is 5.88. The van der Waals surface area contributed by atoms with Gasteiger partial charge in [0.15, 0.2) is 0 Å². The van der Waals surface area contributed by atoms with E-state index in [4.69, 9.17) is 0 Å². The van der Waals surface area contributed by atoms with Crippen molar-refractivity contribution in [1.82, 2.24) is 10.2 Å². The molecular formula is C23H29FN2O2. The Morgan fingerprint density at radius 2 is 1.71 bits per heavy atom. The van der Waals surface area contributed by atoms with Crippen molar-refractivity contribution in [3.63, 3.8) is 0 Å². The molecule has 1 atom stereocenters. The molecule has 28 heavy (non-hydrogen) atoms. The molecule has 150 valence electrons. The molecule has 5 heteroatoms. The lowest BCUT2D eigenvalue weighted by Gasteiger charge is -2.29. The van der Waals surface area contributed by atoms with Crippen molar-refractivity contribution in [1.29, 1.82) is 0 Å². The molecule has 0 spiro atoms. The molecular weight excluding hydrogens is 355 g/mol. The lowest BCUT2D eigenvalue weighted by Crippen LogP contribution is -2.48. The Kier molecular flexibility index (Phi) is 7.73. The van der Waals surface area contributed by atoms with Crippen molar-refractivity contribution in [2.75, 3.05) is 6.54 Å². The molecule has 2 rings (SSSR count). The molecule has 4 nitrogen and oxygen atoms in total. The van der Waals surface area contributed by atoms with E-state index in [1.165, 1.54) is 12.1 Å². The van der Waals surface area contributed by atoms with Crippen molar-refractivity contribution in [2.24, 2.45) is 5.92 Å². The van der Waals surface area contributed by atoms with Gasteiger partial charge in [0.2, 0.25) is 11.8 Å². The first-order valence-electron chi connectivity index (χ1n) is 9.63. The fourth-order valence-electron chi connectivity index (χ4n) is 2.92. The maximum atomic E-state index is 13.2. The van der Waals surface area contributed by atoms with Gasteiger partial charge in [-0.05, 0) is 43.0 Å². The number of hydrogen-bond donors (Lipinski definition) is 1. The maximum Gasteiger partial charge on any atom is 0.242 e. The second-order valence-electron chi connectivity index (χ2n) is 7.63. The summed E-state index contributed by atoms with van der Waals surface area (Å²) in [4.78, 5) is 27.2. The van der Waals surface area contributed by atoms with E-state index >= 15 is 0 Å². The second-order valence-corrected chi connectivity index (χ2v) is 7.63. The summed E-state index contributed by atoms with van der Waals surface area (Å²) in [5.74, 6) is -0.329. The number of nitrogens with one attached hydrogen (secondary N) is 1. The van der Waals surface area contributed by atoms with Crippen LogP contribution < -0.4 is 5.32 Å². The molecule has 2 aromatic rings. The fourth-order valence-corrected chi connectivity index (χ4v) is 2.92. The van der Waals surface area contributed by atoms with Crippen molar-refractivity contribution in [2.45, 2.75) is 46.7 Å². The van der Waals surface area contributed by atoms with Crippen molar-refractivity contribution < 1.29 is 14.0 Å². The molecule has 0 saturated heterocycles. The van der Waals surface area contributed by atoms with Gasteiger partial charge in [-0.25, -0.2) is 4.39 Å². The molecule has 2 amide bonds. The lowest BCUT2D eigenvalue weighted by atomic mass is 10.1. The predicted molar refractivity (Wildman–Crippen MR) is 109 cm³/mol. The number of benzene rings is 2. The minimum absolute atomic E-state index is 0.137. The topological polar surface area (TPSA) is 49.4 Å². The number of aryl methyl sites for hydroxylation is 1. The van der Waals surface area contributed by atoms with Crippen LogP contribution in [-0.2, 0) is 22.6 Å². The quantitative estimate of drug-likeness (QED) is 0.751. The van der Waals surface area contributed by atoms with Crippen LogP contribution >= 0.6 is 0 Å². The van der Waals surface area contributed by atoms with Crippen LogP contribution in [0.5, 0.6) is 0 Å². The van der Waals surface area contributed by atoms with E-state index in [0.29, 0.717) is 12.5 Å². The molecule has 0 radical (unpaired) electrons. The number of halogens is 1. The molecule has 0 bridgehead atoms. The van der Waals surface area contributed by atoms with Gasteiger partial charge in [0.05, 0.1) is 6.42 Å². The van der Waals surface area contributed by atoms with E-state index in [1.807, 2.05) is 45.0 Å². The summed E-state index contributed by atoms with van der Waals surface area (Å²) in [6, 6.07) is 13.2. The van der Waals surface area contributed by atoms with Gasteiger partial charge in [0.25, 0.3) is 0 Å². The summed E-state index contributed by atoms with van der Waals surface area (Å²) >= 11 is 0. The molecule has 0 saturated carbocycles. The summed E-state index contributed by atoms with van der Waals surface area (Å²) in [7, 11) is 0. The first-order valence-corrected chi connectivity index (χ1v) is 9.63. The zero-order chi connectivity index (χ0) is 20.7. The van der Waals surface area contributed by atoms with Crippen molar-refractivity contribution >= 4 is 11.8 Å². The van der Waals surface area contributed by atoms with E-state index in [9.17, 15) is 14.0 Å². The molecule has 2 aromatic carbocycles. The van der Waals surface area contributed by atoms with E-state index in [2.05, 4.69) is 5.32 Å². The zero-order valence-corrected chi connectivity index (χ0v) is 17.0. The van der Waals surface area contributed by atoms with E-state index in [-0.39, 0.29) is 30.6 Å². The predicted octanol–water partition coefficient (Wildman–Crippen LogP) is 3.87. The monoisotopic (exact) mass is 384 g/mol. The Hall–Kier alpha value is -2.69. The van der Waals surface area contributed by atoms with E-state index in [0.717, 1.165) is 16.7 Å². The molecule has 1 N–H and O–H groups in total. The first-order chi connectivity index (χ1) is 13.3. The van der Waals surface area contributed by atoms with Gasteiger partial charge >= 0.3 is 0 Å². The van der Waals surface area contributed by atoms with Crippen LogP contribution in [0.4, 0.5) is 4.39 Å². The number of amides is 2. The van der Waals surface area contributed by atoms with Gasteiger partial charge in [0.1, 0.15) is 11.9 Å². The molecule has 0 aliphatic heterocycles. The van der Waals surface area contributed by atoms with Crippen LogP contribution in [0.25, 0.3) is 0 Å². The zero-order valence-electron chi connectivity index (χ0n) is 17.0. The molecule has 0 fully saturated rings. The van der Waals surface area contributed by atoms with Gasteiger partial charge in [-0.3, -0.25) is 9.59 Å². The number of carbonyl (C=O) groups is 2.